The molecule has 2 aromatic rings. The Bertz CT molecular complexity index is 427. The molecule has 0 aliphatic rings. The first-order chi connectivity index (χ1) is 6.36. The van der Waals surface area contributed by atoms with Gasteiger partial charge in [0.2, 0.25) is 0 Å². The summed E-state index contributed by atoms with van der Waals surface area (Å²) in [5.74, 6) is 0. The van der Waals surface area contributed by atoms with Gasteiger partial charge in [-0.1, -0.05) is 0 Å². The minimum atomic E-state index is -0.110. The Morgan fingerprint density at radius 2 is 2.31 bits per heavy atom. The van der Waals surface area contributed by atoms with E-state index in [1.165, 1.54) is 18.1 Å². The fourth-order valence-electron chi connectivity index (χ4n) is 1.11. The lowest BCUT2D eigenvalue weighted by atomic mass is 10.5. The molecule has 0 spiro atoms. The van der Waals surface area contributed by atoms with Crippen LogP contribution in [0.4, 0.5) is 0 Å². The van der Waals surface area contributed by atoms with Gasteiger partial charge in [0.25, 0.3) is 0 Å². The maximum absolute atomic E-state index is 8.94. The van der Waals surface area contributed by atoms with Gasteiger partial charge in [-0.3, -0.25) is 4.57 Å². The number of hydrogen-bond acceptors (Lipinski definition) is 5. The molecule has 5 nitrogen and oxygen atoms in total. The monoisotopic (exact) mass is 196 g/mol. The van der Waals surface area contributed by atoms with Crippen LogP contribution in [0.25, 0.3) is 11.2 Å². The predicted molar refractivity (Wildman–Crippen MR) is 49.3 cm³/mol. The zero-order valence-corrected chi connectivity index (χ0v) is 7.82. The zero-order chi connectivity index (χ0) is 9.26. The van der Waals surface area contributed by atoms with Crippen LogP contribution in [0.3, 0.4) is 0 Å². The molecule has 2 rings (SSSR count). The number of aliphatic hydroxyl groups is 1. The predicted octanol–water partition coefficient (Wildman–Crippen LogP) is 0.498. The van der Waals surface area contributed by atoms with Crippen molar-refractivity contribution in [2.75, 3.05) is 6.26 Å². The molecule has 0 aliphatic heterocycles. The number of nitrogens with zero attached hydrogens (tertiary/aromatic N) is 4. The van der Waals surface area contributed by atoms with Crippen LogP contribution < -0.4 is 0 Å². The lowest BCUT2D eigenvalue weighted by Crippen LogP contribution is -1.96. The van der Waals surface area contributed by atoms with Gasteiger partial charge in [-0.2, -0.15) is 0 Å². The summed E-state index contributed by atoms with van der Waals surface area (Å²) in [5, 5.41) is 9.77. The topological polar surface area (TPSA) is 63.8 Å². The van der Waals surface area contributed by atoms with E-state index in [-0.39, 0.29) is 6.73 Å². The Labute approximate surface area is 78.8 Å². The molecular formula is C7H8N4OS. The van der Waals surface area contributed by atoms with Crippen molar-refractivity contribution < 1.29 is 5.11 Å². The maximum atomic E-state index is 8.94. The summed E-state index contributed by atoms with van der Waals surface area (Å²) in [6.07, 6.45) is 4.96. The Kier molecular flexibility index (Phi) is 2.15. The summed E-state index contributed by atoms with van der Waals surface area (Å²) < 4.78 is 1.57. The molecule has 0 radical (unpaired) electrons. The summed E-state index contributed by atoms with van der Waals surface area (Å²) >= 11 is 1.51. The molecule has 0 fully saturated rings. The van der Waals surface area contributed by atoms with E-state index in [0.717, 1.165) is 10.5 Å². The van der Waals surface area contributed by atoms with Gasteiger partial charge in [0.15, 0.2) is 5.65 Å². The Morgan fingerprint density at radius 1 is 1.46 bits per heavy atom. The molecular weight excluding hydrogens is 188 g/mol. The summed E-state index contributed by atoms with van der Waals surface area (Å²) in [5.41, 5.74) is 1.41. The van der Waals surface area contributed by atoms with Crippen LogP contribution in [0.15, 0.2) is 17.7 Å². The number of fused-ring (bicyclic) bond motifs is 1. The standard InChI is InChI=1S/C7H8N4OS/c1-13-7-5-6(8-2-9-7)11(4-12)3-10-5/h2-3,12H,4H2,1H3. The van der Waals surface area contributed by atoms with Crippen LogP contribution in [-0.2, 0) is 6.73 Å². The van der Waals surface area contributed by atoms with Crippen LogP contribution in [0, 0.1) is 0 Å². The van der Waals surface area contributed by atoms with Gasteiger partial charge >= 0.3 is 0 Å². The van der Waals surface area contributed by atoms with Gasteiger partial charge in [0, 0.05) is 0 Å². The van der Waals surface area contributed by atoms with E-state index < -0.39 is 0 Å². The van der Waals surface area contributed by atoms with E-state index >= 15 is 0 Å². The van der Waals surface area contributed by atoms with Crippen LogP contribution in [0.2, 0.25) is 0 Å². The molecule has 0 aromatic carbocycles. The average Bonchev–Trinajstić information content (AvgIpc) is 2.60. The van der Waals surface area contributed by atoms with Crippen LogP contribution in [-0.4, -0.2) is 30.9 Å². The van der Waals surface area contributed by atoms with Gasteiger partial charge in [-0.25, -0.2) is 15.0 Å². The number of rotatable bonds is 2. The summed E-state index contributed by atoms with van der Waals surface area (Å²) in [7, 11) is 0. The van der Waals surface area contributed by atoms with Gasteiger partial charge in [-0.15, -0.1) is 11.8 Å². The smallest absolute Gasteiger partial charge is 0.166 e. The third-order valence-electron chi connectivity index (χ3n) is 1.71. The molecule has 0 aliphatic carbocycles. The molecule has 2 aromatic heterocycles. The van der Waals surface area contributed by atoms with Crippen LogP contribution in [0.1, 0.15) is 0 Å². The summed E-state index contributed by atoms with van der Waals surface area (Å²) in [6.45, 7) is -0.110. The minimum Gasteiger partial charge on any atom is -0.376 e. The molecule has 0 saturated carbocycles. The Balaban J connectivity index is 2.72. The van der Waals surface area contributed by atoms with E-state index in [4.69, 9.17) is 5.11 Å². The van der Waals surface area contributed by atoms with Crippen molar-refractivity contribution in [2.45, 2.75) is 11.8 Å². The van der Waals surface area contributed by atoms with Crippen molar-refractivity contribution in [2.24, 2.45) is 0 Å². The maximum Gasteiger partial charge on any atom is 0.166 e. The molecule has 0 saturated heterocycles. The SMILES string of the molecule is CSc1ncnc2c1ncn2CO. The van der Waals surface area contributed by atoms with Gasteiger partial charge < -0.3 is 5.11 Å². The largest absolute Gasteiger partial charge is 0.376 e. The molecule has 0 atom stereocenters. The normalized spacial score (nSPS) is 10.9. The van der Waals surface area contributed by atoms with Crippen molar-refractivity contribution in [1.82, 2.24) is 19.5 Å². The number of imidazole rings is 1. The highest BCUT2D eigenvalue weighted by molar-refractivity contribution is 7.98. The highest BCUT2D eigenvalue weighted by Gasteiger charge is 2.07. The third-order valence-corrected chi connectivity index (χ3v) is 2.40. The van der Waals surface area contributed by atoms with E-state index in [9.17, 15) is 0 Å². The van der Waals surface area contributed by atoms with Crippen molar-refractivity contribution in [3.05, 3.63) is 12.7 Å². The fourth-order valence-corrected chi connectivity index (χ4v) is 1.60. The third kappa shape index (κ3) is 1.27. The first-order valence-corrected chi connectivity index (χ1v) is 4.90. The molecule has 0 bridgehead atoms. The number of aliphatic hydroxyl groups excluding tert-OH is 1. The molecule has 68 valence electrons. The number of thioether (sulfide) groups is 1. The van der Waals surface area contributed by atoms with E-state index in [1.807, 2.05) is 6.26 Å². The lowest BCUT2D eigenvalue weighted by molar-refractivity contribution is 0.214. The zero-order valence-electron chi connectivity index (χ0n) is 7.01. The number of aromatic nitrogens is 4. The van der Waals surface area contributed by atoms with Crippen molar-refractivity contribution in [1.29, 1.82) is 0 Å². The van der Waals surface area contributed by atoms with Gasteiger partial charge in [0.05, 0.1) is 6.33 Å². The second-order valence-electron chi connectivity index (χ2n) is 2.41. The van der Waals surface area contributed by atoms with Crippen LogP contribution >= 0.6 is 11.8 Å². The van der Waals surface area contributed by atoms with E-state index in [1.54, 1.807) is 10.9 Å². The second-order valence-corrected chi connectivity index (χ2v) is 3.21. The fraction of sp³-hybridized carbons (Fsp3) is 0.286. The van der Waals surface area contributed by atoms with Gasteiger partial charge in [-0.05, 0) is 6.26 Å². The molecule has 0 amide bonds. The van der Waals surface area contributed by atoms with E-state index in [2.05, 4.69) is 15.0 Å². The van der Waals surface area contributed by atoms with Crippen LogP contribution in [0.5, 0.6) is 0 Å². The Morgan fingerprint density at radius 3 is 3.00 bits per heavy atom. The quantitative estimate of drug-likeness (QED) is 0.559. The second kappa shape index (κ2) is 3.31. The summed E-state index contributed by atoms with van der Waals surface area (Å²) in [6, 6.07) is 0. The van der Waals surface area contributed by atoms with Crippen molar-refractivity contribution >= 4 is 22.9 Å². The lowest BCUT2D eigenvalue weighted by Gasteiger charge is -1.97. The first-order valence-electron chi connectivity index (χ1n) is 3.67. The molecule has 2 heterocycles. The van der Waals surface area contributed by atoms with E-state index in [0.29, 0.717) is 5.65 Å². The van der Waals surface area contributed by atoms with Crippen molar-refractivity contribution in [3.63, 3.8) is 0 Å². The highest BCUT2D eigenvalue weighted by Crippen LogP contribution is 2.20. The highest BCUT2D eigenvalue weighted by atomic mass is 32.2. The average molecular weight is 196 g/mol. The molecule has 13 heavy (non-hydrogen) atoms. The molecule has 6 heteroatoms. The summed E-state index contributed by atoms with van der Waals surface area (Å²) in [4.78, 5) is 12.2. The molecule has 0 unspecified atom stereocenters. The molecule has 1 N–H and O–H groups in total. The van der Waals surface area contributed by atoms with Crippen molar-refractivity contribution in [3.8, 4) is 0 Å². The number of hydrogen-bond donors (Lipinski definition) is 1. The minimum absolute atomic E-state index is 0.110. The first kappa shape index (κ1) is 8.46. The Hall–Kier alpha value is -1.14. The van der Waals surface area contributed by atoms with Gasteiger partial charge in [0.1, 0.15) is 23.6 Å².